The Hall–Kier alpha value is -0.120. The molecule has 1 rings (SSSR count). The van der Waals surface area contributed by atoms with Crippen LogP contribution >= 0.6 is 0 Å². The number of rotatable bonds is 6. The lowest BCUT2D eigenvalue weighted by atomic mass is 9.70. The second kappa shape index (κ2) is 7.77. The largest absolute Gasteiger partial charge is 0.391 e. The zero-order valence-electron chi connectivity index (χ0n) is 14.5. The Morgan fingerprint density at radius 2 is 1.70 bits per heavy atom. The van der Waals surface area contributed by atoms with Gasteiger partial charge in [-0.15, -0.1) is 0 Å². The predicted molar refractivity (Wildman–Crippen MR) is 87.0 cm³/mol. The molecule has 0 radical (unpaired) electrons. The molecule has 0 aromatic carbocycles. The van der Waals surface area contributed by atoms with Gasteiger partial charge in [0.15, 0.2) is 0 Å². The Morgan fingerprint density at radius 3 is 2.20 bits per heavy atom. The van der Waals surface area contributed by atoms with Gasteiger partial charge in [0, 0.05) is 19.1 Å². The lowest BCUT2D eigenvalue weighted by molar-refractivity contribution is -0.0186. The zero-order valence-corrected chi connectivity index (χ0v) is 14.5. The first kappa shape index (κ1) is 17.9. The van der Waals surface area contributed by atoms with Gasteiger partial charge in [-0.1, -0.05) is 27.7 Å². The van der Waals surface area contributed by atoms with E-state index in [1.165, 1.54) is 6.42 Å². The number of likely N-dealkylation sites (N-methyl/N-ethyl adjacent to an activating group) is 1. The highest BCUT2D eigenvalue weighted by molar-refractivity contribution is 4.90. The lowest BCUT2D eigenvalue weighted by Crippen LogP contribution is -2.51. The molecule has 0 bridgehead atoms. The summed E-state index contributed by atoms with van der Waals surface area (Å²) >= 11 is 0. The number of aliphatic hydroxyl groups excluding tert-OH is 1. The van der Waals surface area contributed by atoms with Gasteiger partial charge in [0.25, 0.3) is 0 Å². The Kier molecular flexibility index (Phi) is 6.96. The monoisotopic (exact) mass is 284 g/mol. The SMILES string of the molecule is CCCN(CCN(C)C)C1CC(C(C)(C)C)CCC1O. The Bertz CT molecular complexity index is 273. The third-order valence-electron chi connectivity index (χ3n) is 4.82. The molecular formula is C17H36N2O. The molecule has 1 saturated carbocycles. The maximum Gasteiger partial charge on any atom is 0.0695 e. The fraction of sp³-hybridized carbons (Fsp3) is 1.00. The Labute approximate surface area is 126 Å². The van der Waals surface area contributed by atoms with Crippen molar-refractivity contribution in [3.8, 4) is 0 Å². The summed E-state index contributed by atoms with van der Waals surface area (Å²) < 4.78 is 0. The summed E-state index contributed by atoms with van der Waals surface area (Å²) in [5, 5.41) is 10.5. The first-order chi connectivity index (χ1) is 9.25. The molecule has 1 fully saturated rings. The van der Waals surface area contributed by atoms with Crippen molar-refractivity contribution in [1.29, 1.82) is 0 Å². The Balaban J connectivity index is 2.70. The van der Waals surface area contributed by atoms with Crippen LogP contribution in [0.1, 0.15) is 53.4 Å². The second-order valence-corrected chi connectivity index (χ2v) is 7.85. The van der Waals surface area contributed by atoms with Gasteiger partial charge in [0.1, 0.15) is 0 Å². The highest BCUT2D eigenvalue weighted by atomic mass is 16.3. The van der Waals surface area contributed by atoms with Crippen LogP contribution in [-0.2, 0) is 0 Å². The second-order valence-electron chi connectivity index (χ2n) is 7.85. The molecule has 0 amide bonds. The van der Waals surface area contributed by atoms with E-state index in [0.29, 0.717) is 11.5 Å². The van der Waals surface area contributed by atoms with E-state index in [1.54, 1.807) is 0 Å². The van der Waals surface area contributed by atoms with E-state index in [4.69, 9.17) is 0 Å². The predicted octanol–water partition coefficient (Wildman–Crippen LogP) is 2.84. The van der Waals surface area contributed by atoms with Crippen LogP contribution in [0.4, 0.5) is 0 Å². The summed E-state index contributed by atoms with van der Waals surface area (Å²) in [7, 11) is 4.25. The minimum absolute atomic E-state index is 0.137. The molecule has 0 heterocycles. The fourth-order valence-corrected chi connectivity index (χ4v) is 3.37. The van der Waals surface area contributed by atoms with Crippen LogP contribution in [0, 0.1) is 11.3 Å². The van der Waals surface area contributed by atoms with Crippen molar-refractivity contribution in [2.45, 2.75) is 65.5 Å². The quantitative estimate of drug-likeness (QED) is 0.812. The summed E-state index contributed by atoms with van der Waals surface area (Å²) in [4.78, 5) is 4.77. The summed E-state index contributed by atoms with van der Waals surface area (Å²) in [5.41, 5.74) is 0.359. The van der Waals surface area contributed by atoms with Crippen LogP contribution in [-0.4, -0.2) is 60.8 Å². The molecule has 3 atom stereocenters. The van der Waals surface area contributed by atoms with Crippen molar-refractivity contribution in [3.63, 3.8) is 0 Å². The van der Waals surface area contributed by atoms with Crippen molar-refractivity contribution in [2.75, 3.05) is 33.7 Å². The third kappa shape index (κ3) is 5.34. The molecule has 0 spiro atoms. The van der Waals surface area contributed by atoms with E-state index in [2.05, 4.69) is 51.6 Å². The van der Waals surface area contributed by atoms with E-state index in [1.807, 2.05) is 0 Å². The number of hydrogen-bond acceptors (Lipinski definition) is 3. The van der Waals surface area contributed by atoms with E-state index in [9.17, 15) is 5.11 Å². The summed E-state index contributed by atoms with van der Waals surface area (Å²) in [6.07, 6.45) is 4.32. The molecule has 120 valence electrons. The highest BCUT2D eigenvalue weighted by Crippen LogP contribution is 2.39. The standard InChI is InChI=1S/C17H36N2O/c1-7-10-19(12-11-18(5)6)15-13-14(17(2,3)4)8-9-16(15)20/h14-16,20H,7-13H2,1-6H3. The Morgan fingerprint density at radius 1 is 1.05 bits per heavy atom. The van der Waals surface area contributed by atoms with Crippen LogP contribution in [0.15, 0.2) is 0 Å². The van der Waals surface area contributed by atoms with Crippen LogP contribution < -0.4 is 0 Å². The average molecular weight is 284 g/mol. The number of nitrogens with zero attached hydrogens (tertiary/aromatic N) is 2. The average Bonchev–Trinajstić information content (AvgIpc) is 2.33. The first-order valence-electron chi connectivity index (χ1n) is 8.32. The van der Waals surface area contributed by atoms with Crippen LogP contribution in [0.2, 0.25) is 0 Å². The maximum absolute atomic E-state index is 10.5. The minimum Gasteiger partial charge on any atom is -0.391 e. The molecule has 0 saturated heterocycles. The van der Waals surface area contributed by atoms with Gasteiger partial charge in [-0.3, -0.25) is 4.90 Å². The topological polar surface area (TPSA) is 26.7 Å². The smallest absolute Gasteiger partial charge is 0.0695 e. The highest BCUT2D eigenvalue weighted by Gasteiger charge is 2.37. The molecule has 0 aromatic heterocycles. The summed E-state index contributed by atoms with van der Waals surface area (Å²) in [6.45, 7) is 12.5. The third-order valence-corrected chi connectivity index (χ3v) is 4.82. The van der Waals surface area contributed by atoms with Gasteiger partial charge in [0.05, 0.1) is 6.10 Å². The van der Waals surface area contributed by atoms with Gasteiger partial charge in [-0.05, 0) is 57.7 Å². The molecule has 3 heteroatoms. The fourth-order valence-electron chi connectivity index (χ4n) is 3.37. The normalized spacial score (nSPS) is 28.4. The number of aliphatic hydroxyl groups is 1. The van der Waals surface area contributed by atoms with Gasteiger partial charge in [-0.25, -0.2) is 0 Å². The van der Waals surface area contributed by atoms with Gasteiger partial charge in [0.2, 0.25) is 0 Å². The van der Waals surface area contributed by atoms with Crippen LogP contribution in [0.5, 0.6) is 0 Å². The van der Waals surface area contributed by atoms with E-state index in [0.717, 1.165) is 44.8 Å². The molecule has 0 aliphatic heterocycles. The molecule has 3 unspecified atom stereocenters. The number of hydrogen-bond donors (Lipinski definition) is 1. The van der Waals surface area contributed by atoms with E-state index < -0.39 is 0 Å². The molecule has 20 heavy (non-hydrogen) atoms. The van der Waals surface area contributed by atoms with Crippen LogP contribution in [0.3, 0.4) is 0 Å². The minimum atomic E-state index is -0.137. The zero-order chi connectivity index (χ0) is 15.3. The molecule has 1 aliphatic rings. The van der Waals surface area contributed by atoms with Crippen LogP contribution in [0.25, 0.3) is 0 Å². The van der Waals surface area contributed by atoms with Crippen molar-refractivity contribution in [1.82, 2.24) is 9.80 Å². The van der Waals surface area contributed by atoms with Crippen molar-refractivity contribution >= 4 is 0 Å². The van der Waals surface area contributed by atoms with E-state index >= 15 is 0 Å². The molecule has 0 aromatic rings. The van der Waals surface area contributed by atoms with Crippen molar-refractivity contribution < 1.29 is 5.11 Å². The van der Waals surface area contributed by atoms with Crippen molar-refractivity contribution in [2.24, 2.45) is 11.3 Å². The summed E-state index contributed by atoms with van der Waals surface area (Å²) in [6, 6.07) is 0.355. The first-order valence-corrected chi connectivity index (χ1v) is 8.32. The molecule has 3 nitrogen and oxygen atoms in total. The van der Waals surface area contributed by atoms with Crippen molar-refractivity contribution in [3.05, 3.63) is 0 Å². The molecule has 1 N–H and O–H groups in total. The maximum atomic E-state index is 10.5. The van der Waals surface area contributed by atoms with Gasteiger partial charge >= 0.3 is 0 Å². The molecule has 1 aliphatic carbocycles. The lowest BCUT2D eigenvalue weighted by Gasteiger charge is -2.44. The molecular weight excluding hydrogens is 248 g/mol. The van der Waals surface area contributed by atoms with E-state index in [-0.39, 0.29) is 6.10 Å². The van der Waals surface area contributed by atoms with Gasteiger partial charge < -0.3 is 10.0 Å². The van der Waals surface area contributed by atoms with Gasteiger partial charge in [-0.2, -0.15) is 0 Å². The summed E-state index contributed by atoms with van der Waals surface area (Å²) in [5.74, 6) is 0.731.